The molecule has 1 aromatic heterocycles. The summed E-state index contributed by atoms with van der Waals surface area (Å²) in [5.74, 6) is 1.34. The largest absolute Gasteiger partial charge is 0.493 e. The molecule has 0 N–H and O–H groups in total. The molecule has 0 saturated carbocycles. The molecule has 5 heteroatoms. The minimum Gasteiger partial charge on any atom is -0.493 e. The molecule has 5 rings (SSSR count). The van der Waals surface area contributed by atoms with Crippen molar-refractivity contribution in [2.75, 3.05) is 7.11 Å². The summed E-state index contributed by atoms with van der Waals surface area (Å²) in [4.78, 5) is 5.98. The number of hydrogen-bond acceptors (Lipinski definition) is 5. The molecule has 0 unspecified atom stereocenters. The molecule has 0 spiro atoms. The molecule has 0 amide bonds. The average molecular weight is 453 g/mol. The van der Waals surface area contributed by atoms with E-state index in [0.717, 1.165) is 41.0 Å². The monoisotopic (exact) mass is 452 g/mol. The maximum atomic E-state index is 9.64. The van der Waals surface area contributed by atoms with Gasteiger partial charge in [-0.25, -0.2) is 4.99 Å². The molecule has 0 fully saturated rings. The lowest BCUT2D eigenvalue weighted by Gasteiger charge is -2.12. The second-order valence-corrected chi connectivity index (χ2v) is 9.18. The summed E-state index contributed by atoms with van der Waals surface area (Å²) in [7, 11) is 1.64. The molecule has 1 heterocycles. The topological polar surface area (TPSA) is 54.6 Å². The van der Waals surface area contributed by atoms with Gasteiger partial charge in [-0.15, -0.1) is 11.3 Å². The molecule has 164 valence electrons. The molecule has 0 bridgehead atoms. The van der Waals surface area contributed by atoms with Crippen molar-refractivity contribution in [2.24, 2.45) is 4.99 Å². The Labute approximate surface area is 197 Å². The number of methoxy groups -OCH3 is 1. The van der Waals surface area contributed by atoms with Crippen LogP contribution in [0.5, 0.6) is 11.5 Å². The van der Waals surface area contributed by atoms with Crippen LogP contribution >= 0.6 is 11.3 Å². The van der Waals surface area contributed by atoms with E-state index in [4.69, 9.17) is 9.47 Å². The minimum absolute atomic E-state index is 0.456. The zero-order chi connectivity index (χ0) is 22.6. The van der Waals surface area contributed by atoms with E-state index in [0.29, 0.717) is 18.1 Å². The first-order valence-electron chi connectivity index (χ1n) is 11.1. The Morgan fingerprint density at radius 1 is 1.03 bits per heavy atom. The van der Waals surface area contributed by atoms with Crippen molar-refractivity contribution >= 4 is 33.3 Å². The van der Waals surface area contributed by atoms with E-state index in [9.17, 15) is 5.26 Å². The highest BCUT2D eigenvalue weighted by molar-refractivity contribution is 7.16. The number of benzene rings is 3. The van der Waals surface area contributed by atoms with Crippen molar-refractivity contribution in [3.63, 3.8) is 0 Å². The number of aliphatic imine (C=N–C) groups is 1. The van der Waals surface area contributed by atoms with E-state index < -0.39 is 0 Å². The highest BCUT2D eigenvalue weighted by atomic mass is 32.1. The summed E-state index contributed by atoms with van der Waals surface area (Å²) >= 11 is 1.65. The molecule has 4 nitrogen and oxygen atoms in total. The highest BCUT2D eigenvalue weighted by Gasteiger charge is 2.20. The Balaban J connectivity index is 1.36. The highest BCUT2D eigenvalue weighted by Crippen LogP contribution is 2.39. The number of nitriles is 1. The van der Waals surface area contributed by atoms with Gasteiger partial charge in [0.25, 0.3) is 0 Å². The van der Waals surface area contributed by atoms with Gasteiger partial charge in [0.15, 0.2) is 11.5 Å². The van der Waals surface area contributed by atoms with Gasteiger partial charge in [-0.2, -0.15) is 5.26 Å². The molecule has 0 aliphatic heterocycles. The predicted molar refractivity (Wildman–Crippen MR) is 134 cm³/mol. The molecular weight excluding hydrogens is 428 g/mol. The van der Waals surface area contributed by atoms with Crippen LogP contribution in [0.4, 0.5) is 5.00 Å². The summed E-state index contributed by atoms with van der Waals surface area (Å²) in [5.41, 5.74) is 3.98. The van der Waals surface area contributed by atoms with Crippen LogP contribution in [0.1, 0.15) is 40.0 Å². The average Bonchev–Trinajstić information content (AvgIpc) is 3.23. The van der Waals surface area contributed by atoms with Crippen molar-refractivity contribution in [2.45, 2.75) is 32.3 Å². The smallest absolute Gasteiger partial charge is 0.161 e. The van der Waals surface area contributed by atoms with Crippen LogP contribution in [-0.2, 0) is 19.4 Å². The van der Waals surface area contributed by atoms with E-state index >= 15 is 0 Å². The number of hydrogen-bond donors (Lipinski definition) is 0. The van der Waals surface area contributed by atoms with Crippen LogP contribution in [0, 0.1) is 11.3 Å². The second kappa shape index (κ2) is 9.48. The number of thiophene rings is 1. The Morgan fingerprint density at radius 3 is 2.76 bits per heavy atom. The molecule has 0 atom stereocenters. The number of ether oxygens (including phenoxy) is 2. The van der Waals surface area contributed by atoms with Gasteiger partial charge >= 0.3 is 0 Å². The lowest BCUT2D eigenvalue weighted by molar-refractivity contribution is 0.285. The molecular formula is C28H24N2O2S. The lowest BCUT2D eigenvalue weighted by Crippen LogP contribution is -1.99. The Morgan fingerprint density at radius 2 is 1.88 bits per heavy atom. The first kappa shape index (κ1) is 21.2. The normalized spacial score (nSPS) is 13.1. The van der Waals surface area contributed by atoms with E-state index in [2.05, 4.69) is 41.4 Å². The zero-order valence-electron chi connectivity index (χ0n) is 18.5. The van der Waals surface area contributed by atoms with Gasteiger partial charge in [0.2, 0.25) is 0 Å². The van der Waals surface area contributed by atoms with Gasteiger partial charge in [0, 0.05) is 11.1 Å². The van der Waals surface area contributed by atoms with Gasteiger partial charge < -0.3 is 9.47 Å². The Hall–Kier alpha value is -3.62. The van der Waals surface area contributed by atoms with Gasteiger partial charge in [0.05, 0.1) is 12.7 Å². The molecule has 33 heavy (non-hydrogen) atoms. The Kier molecular flexibility index (Phi) is 6.10. The van der Waals surface area contributed by atoms with Crippen molar-refractivity contribution in [1.29, 1.82) is 5.26 Å². The Bertz CT molecular complexity index is 1380. The molecule has 3 aromatic carbocycles. The minimum atomic E-state index is 0.456. The summed E-state index contributed by atoms with van der Waals surface area (Å²) in [6.07, 6.45) is 6.19. The van der Waals surface area contributed by atoms with Crippen LogP contribution in [-0.4, -0.2) is 13.3 Å². The number of nitrogens with zero attached hydrogens (tertiary/aromatic N) is 2. The molecule has 0 radical (unpaired) electrons. The fourth-order valence-electron chi connectivity index (χ4n) is 4.35. The predicted octanol–water partition coefficient (Wildman–Crippen LogP) is 6.99. The van der Waals surface area contributed by atoms with Crippen molar-refractivity contribution in [3.8, 4) is 17.6 Å². The molecule has 1 aliphatic rings. The van der Waals surface area contributed by atoms with E-state index in [1.165, 1.54) is 27.6 Å². The van der Waals surface area contributed by atoms with Crippen molar-refractivity contribution in [1.82, 2.24) is 0 Å². The number of aryl methyl sites for hydroxylation is 1. The zero-order valence-corrected chi connectivity index (χ0v) is 19.3. The van der Waals surface area contributed by atoms with Gasteiger partial charge in [-0.3, -0.25) is 0 Å². The summed E-state index contributed by atoms with van der Waals surface area (Å²) in [6.45, 7) is 0.456. The number of rotatable bonds is 6. The van der Waals surface area contributed by atoms with Gasteiger partial charge in [-0.05, 0) is 71.3 Å². The van der Waals surface area contributed by atoms with Crippen LogP contribution in [0.3, 0.4) is 0 Å². The third-order valence-corrected chi connectivity index (χ3v) is 7.25. The third kappa shape index (κ3) is 4.35. The van der Waals surface area contributed by atoms with Crippen LogP contribution in [0.2, 0.25) is 0 Å². The summed E-state index contributed by atoms with van der Waals surface area (Å²) in [5, 5.41) is 12.8. The van der Waals surface area contributed by atoms with E-state index in [-0.39, 0.29) is 0 Å². The van der Waals surface area contributed by atoms with E-state index in [1.54, 1.807) is 24.7 Å². The SMILES string of the molecule is COc1cc(/C=N\c2sc3c(c2C#N)CCCC3)ccc1OCc1cccc2ccccc12. The maximum Gasteiger partial charge on any atom is 0.161 e. The first-order chi connectivity index (χ1) is 16.3. The van der Waals surface area contributed by atoms with Crippen LogP contribution < -0.4 is 9.47 Å². The second-order valence-electron chi connectivity index (χ2n) is 8.10. The lowest BCUT2D eigenvalue weighted by atomic mass is 9.96. The molecule has 4 aromatic rings. The molecule has 1 aliphatic carbocycles. The standard InChI is InChI=1S/C28H24N2O2S/c1-31-26-15-19(17-30-28-24(16-29)23-11-4-5-12-27(23)33-28)13-14-25(26)32-18-21-9-6-8-20-7-2-3-10-22(20)21/h2-3,6-10,13-15,17H,4-5,11-12,18H2,1H3/b30-17-. The van der Waals surface area contributed by atoms with Crippen molar-refractivity contribution in [3.05, 3.63) is 87.8 Å². The molecule has 0 saturated heterocycles. The number of fused-ring (bicyclic) bond motifs is 2. The first-order valence-corrected chi connectivity index (χ1v) is 11.9. The van der Waals surface area contributed by atoms with Crippen molar-refractivity contribution < 1.29 is 9.47 Å². The third-order valence-electron chi connectivity index (χ3n) is 6.05. The summed E-state index contributed by atoms with van der Waals surface area (Å²) in [6, 6.07) is 22.7. The fraction of sp³-hybridized carbons (Fsp3) is 0.214. The fourth-order valence-corrected chi connectivity index (χ4v) is 5.53. The van der Waals surface area contributed by atoms with Crippen LogP contribution in [0.25, 0.3) is 10.8 Å². The van der Waals surface area contributed by atoms with Gasteiger partial charge in [0.1, 0.15) is 17.7 Å². The van der Waals surface area contributed by atoms with Gasteiger partial charge in [-0.1, -0.05) is 42.5 Å². The quantitative estimate of drug-likeness (QED) is 0.296. The maximum absolute atomic E-state index is 9.64. The summed E-state index contributed by atoms with van der Waals surface area (Å²) < 4.78 is 11.7. The van der Waals surface area contributed by atoms with E-state index in [1.807, 2.05) is 30.3 Å². The van der Waals surface area contributed by atoms with Crippen LogP contribution in [0.15, 0.2) is 65.7 Å².